The number of nitrogens with two attached hydrogens (primary N) is 1. The summed E-state index contributed by atoms with van der Waals surface area (Å²) in [5.74, 6) is 0.392. The quantitative estimate of drug-likeness (QED) is 0.0147. The maximum Gasteiger partial charge on any atom is 0.414 e. The number of carbonyl (C=O) groups is 4. The van der Waals surface area contributed by atoms with E-state index in [1.807, 2.05) is 18.2 Å². The zero-order valence-electron chi connectivity index (χ0n) is 82.7. The lowest BCUT2D eigenvalue weighted by Gasteiger charge is -2.28. The van der Waals surface area contributed by atoms with Crippen molar-refractivity contribution in [2.45, 2.75) is 171 Å². The van der Waals surface area contributed by atoms with Crippen molar-refractivity contribution in [2.75, 3.05) is 123 Å². The van der Waals surface area contributed by atoms with Crippen LogP contribution in [0.3, 0.4) is 0 Å². The summed E-state index contributed by atoms with van der Waals surface area (Å²) in [7, 11) is 5.76. The van der Waals surface area contributed by atoms with Crippen LogP contribution in [0, 0.1) is 35.5 Å². The van der Waals surface area contributed by atoms with Crippen LogP contribution in [0.4, 0.5) is 106 Å². The number of rotatable bonds is 29. The minimum Gasteiger partial charge on any atom is -0.481 e. The molecular formula is C98H118Br2F19N10O19PS. The molecule has 832 valence electrons. The van der Waals surface area contributed by atoms with Crippen molar-refractivity contribution in [3.8, 4) is 35.3 Å². The van der Waals surface area contributed by atoms with Crippen LogP contribution in [0.25, 0.3) is 30.4 Å². The number of nitrogens with zero attached hydrogens (tertiary/aromatic N) is 6. The van der Waals surface area contributed by atoms with E-state index in [1.165, 1.54) is 73.7 Å². The van der Waals surface area contributed by atoms with Gasteiger partial charge in [0.1, 0.15) is 6.29 Å². The second-order valence-electron chi connectivity index (χ2n) is 32.9. The minimum atomic E-state index is -4.32. The number of alkyl halides is 18. The van der Waals surface area contributed by atoms with Crippen molar-refractivity contribution in [3.05, 3.63) is 184 Å². The monoisotopic (exact) mass is 2320 g/mol. The SMILES string of the molecule is C=CC(=O)Nc1cnc(OC)c(/C=C/C2CCC(C(F)(F)F)OC2)c1.C=CC(=O)Nc1cnc(OC)c(/C=C/[C@@H]2CC[C@@H](C(F)(F)F)OC2)c1.C=CC(=O)Nc1cnc(OC)c(/C=C/[C@H]2CC[C@H](C(F)(F)F)OC2)c1.CCOP(=O)(Cc1cc(Br)cnc1OC)OCC.COc1ncc(Br)cc1/C=C/C1CCC(C(F)(F)F)OC1.COc1ncc(N)cc1/C=C/C1CCC(C(F)(F)F)OC1.CSF.O=CC1CCC(C(F)(F)F)OC1. The van der Waals surface area contributed by atoms with Crippen LogP contribution in [0.2, 0.25) is 0 Å². The summed E-state index contributed by atoms with van der Waals surface area (Å²) in [5.41, 5.74) is 11.5. The van der Waals surface area contributed by atoms with E-state index in [-0.39, 0.29) is 156 Å². The molecule has 6 aliphatic rings. The number of anilines is 4. The lowest BCUT2D eigenvalue weighted by molar-refractivity contribution is -0.234. The topological polar surface area (TPSA) is 354 Å². The highest BCUT2D eigenvalue weighted by atomic mass is 79.9. The molecule has 0 spiro atoms. The van der Waals surface area contributed by atoms with Crippen LogP contribution in [0.5, 0.6) is 35.3 Å². The fourth-order valence-corrected chi connectivity index (χ4v) is 16.7. The maximum absolute atomic E-state index is 12.6. The summed E-state index contributed by atoms with van der Waals surface area (Å²) in [6.07, 6.45) is -1.62. The zero-order chi connectivity index (χ0) is 112. The molecule has 29 nitrogen and oxygen atoms in total. The molecule has 52 heteroatoms. The van der Waals surface area contributed by atoms with Crippen molar-refractivity contribution < 1.29 is 173 Å². The van der Waals surface area contributed by atoms with Gasteiger partial charge in [-0.1, -0.05) is 80.5 Å². The summed E-state index contributed by atoms with van der Waals surface area (Å²) in [6.45, 7) is 14.4. The second kappa shape index (κ2) is 64.4. The molecule has 0 aliphatic carbocycles. The largest absolute Gasteiger partial charge is 0.481 e. The van der Waals surface area contributed by atoms with E-state index in [9.17, 15) is 107 Å². The highest BCUT2D eigenvalue weighted by molar-refractivity contribution is 9.10. The number of aromatic nitrogens is 6. The molecule has 12 heterocycles. The van der Waals surface area contributed by atoms with Crippen LogP contribution in [0.1, 0.15) is 124 Å². The standard InChI is InChI=1S/3C17H19F3N2O3.C14H15BrF3NO2.C14H17F3N2O2.C11H17BrNO4P.C7H9F3O2.CH3FS/c3*1-3-15(23)22-13-8-12(16(24-2)21-9-13)6-4-11-5-7-14(25-10-11)17(18,19)20;1-20-13-10(6-11(15)7-19-13)4-2-9-3-5-12(21-8-9)14(16,17)18;1-20-13-10(6-11(18)7-19-13)4-2-9-3-5-12(21-8-9)14(15,16)17;1-4-16-18(14,17-5-2)8-9-6-10(12)7-13-11(9)15-3;8-7(9,10)6-2-1-5(3-11)4-12-6;1-3-2/h3*3-4,6,8-9,11,14H,1,5,7,10H2,2H3,(H,22,23);2,4,6-7,9,12H,3,5,8H2,1H3;2,4,6-7,9,12H,3,5,8,18H2,1H3;6-7H,4-5,8H2,1-3H3;3,5-6H,1-2,4H2;1H3/b3*6-4+;2*4-2+;;;/t2*11-,14+;;;;;;/m10....../s1. The Hall–Kier alpha value is -10.6. The smallest absolute Gasteiger partial charge is 0.414 e. The Balaban J connectivity index is 0.000000309. The molecule has 3 amide bonds. The van der Waals surface area contributed by atoms with Gasteiger partial charge in [0.25, 0.3) is 0 Å². The predicted octanol–water partition coefficient (Wildman–Crippen LogP) is 24.4. The van der Waals surface area contributed by atoms with Crippen molar-refractivity contribution >= 4 is 129 Å². The average molecular weight is 2320 g/mol. The number of halogens is 21. The van der Waals surface area contributed by atoms with Crippen molar-refractivity contribution in [1.29, 1.82) is 0 Å². The first-order chi connectivity index (χ1) is 70.8. The van der Waals surface area contributed by atoms with E-state index in [0.717, 1.165) is 32.7 Å². The van der Waals surface area contributed by atoms with E-state index in [4.69, 9.17) is 66.9 Å². The Bertz CT molecular complexity index is 5020. The van der Waals surface area contributed by atoms with Gasteiger partial charge >= 0.3 is 44.7 Å². The number of ether oxygens (including phenoxy) is 12. The van der Waals surface area contributed by atoms with Crippen LogP contribution in [0.15, 0.2) is 151 Å². The Morgan fingerprint density at radius 1 is 0.387 bits per heavy atom. The summed E-state index contributed by atoms with van der Waals surface area (Å²) >= 11 is 6.89. The molecular weight excluding hydrogens is 2200 g/mol. The van der Waals surface area contributed by atoms with Crippen LogP contribution in [-0.4, -0.2) is 229 Å². The molecule has 6 aromatic rings. The van der Waals surface area contributed by atoms with Crippen molar-refractivity contribution in [3.63, 3.8) is 0 Å². The van der Waals surface area contributed by atoms with Gasteiger partial charge in [-0.15, -0.1) is 0 Å². The molecule has 0 radical (unpaired) electrons. The molecule has 8 unspecified atom stereocenters. The Kier molecular flexibility index (Phi) is 55.8. The van der Waals surface area contributed by atoms with E-state index < -0.39 is 81.3 Å². The Morgan fingerprint density at radius 3 is 0.840 bits per heavy atom. The van der Waals surface area contributed by atoms with Gasteiger partial charge in [-0.25, -0.2) is 29.9 Å². The molecule has 0 bridgehead atoms. The third-order valence-corrected chi connectivity index (χ3v) is 24.7. The normalized spacial score (nSPS) is 21.2. The maximum atomic E-state index is 12.6. The molecule has 0 saturated carbocycles. The first kappa shape index (κ1) is 130. The molecule has 6 saturated heterocycles. The Morgan fingerprint density at radius 2 is 0.613 bits per heavy atom. The fraction of sp³-hybridized carbons (Fsp3) is 0.490. The van der Waals surface area contributed by atoms with Crippen molar-refractivity contribution in [1.82, 2.24) is 29.9 Å². The number of nitrogens with one attached hydrogen (secondary N) is 3. The molecule has 6 fully saturated rings. The summed E-state index contributed by atoms with van der Waals surface area (Å²) in [5, 5.41) is 7.76. The summed E-state index contributed by atoms with van der Waals surface area (Å²) in [4.78, 5) is 68.7. The third kappa shape index (κ3) is 46.9. The molecule has 5 N–H and O–H groups in total. The van der Waals surface area contributed by atoms with Crippen LogP contribution in [-0.2, 0) is 67.4 Å². The number of hydrogen-bond acceptors (Lipinski definition) is 27. The molecule has 150 heavy (non-hydrogen) atoms. The summed E-state index contributed by atoms with van der Waals surface area (Å²) < 4.78 is 319. The highest BCUT2D eigenvalue weighted by Gasteiger charge is 2.48. The number of methoxy groups -OCH3 is 6. The fourth-order valence-electron chi connectivity index (χ4n) is 14.3. The first-order valence-electron chi connectivity index (χ1n) is 45.9. The lowest BCUT2D eigenvalue weighted by Crippen LogP contribution is -2.37. The number of aldehydes is 1. The van der Waals surface area contributed by atoms with Gasteiger partial charge in [0.05, 0.1) is 149 Å². The lowest BCUT2D eigenvalue weighted by atomic mass is 9.97. The predicted molar refractivity (Wildman–Crippen MR) is 533 cm³/mol. The Labute approximate surface area is 875 Å². The van der Waals surface area contributed by atoms with Gasteiger partial charge in [-0.05, 0) is 177 Å². The van der Waals surface area contributed by atoms with Gasteiger partial charge in [-0.3, -0.25) is 18.9 Å². The second-order valence-corrected chi connectivity index (χ2v) is 37.1. The molecule has 0 aromatic carbocycles. The van der Waals surface area contributed by atoms with Gasteiger partial charge < -0.3 is 92.4 Å². The molecule has 12 rings (SSSR count). The average Bonchev–Trinajstić information content (AvgIpc) is 0.836. The van der Waals surface area contributed by atoms with Gasteiger partial charge in [0.2, 0.25) is 53.0 Å². The van der Waals surface area contributed by atoms with E-state index >= 15 is 0 Å². The molecule has 12 atom stereocenters. The molecule has 6 aromatic heterocycles. The number of amides is 3. The van der Waals surface area contributed by atoms with E-state index in [0.29, 0.717) is 137 Å². The number of nitrogen functional groups attached to an aromatic ring is 1. The summed E-state index contributed by atoms with van der Waals surface area (Å²) in [6, 6.07) is 10.3. The van der Waals surface area contributed by atoms with E-state index in [2.05, 4.69) is 102 Å². The van der Waals surface area contributed by atoms with Gasteiger partial charge in [0.15, 0.2) is 36.6 Å². The zero-order valence-corrected chi connectivity index (χ0v) is 87.6. The van der Waals surface area contributed by atoms with Crippen LogP contribution < -0.4 is 50.1 Å². The first-order valence-corrected chi connectivity index (χ1v) is 50.3. The number of hydrogen-bond donors (Lipinski definition) is 4. The number of carbonyl (C=O) groups excluding carboxylic acids is 4. The van der Waals surface area contributed by atoms with Crippen molar-refractivity contribution in [2.24, 2.45) is 35.5 Å². The van der Waals surface area contributed by atoms with E-state index in [1.54, 1.807) is 105 Å². The molecule has 6 aliphatic heterocycles. The number of pyridine rings is 6. The highest BCUT2D eigenvalue weighted by Crippen LogP contribution is 2.53. The third-order valence-electron chi connectivity index (χ3n) is 21.8. The minimum absolute atomic E-state index is 0.00329. The van der Waals surface area contributed by atoms with Crippen LogP contribution >= 0.6 is 51.6 Å². The van der Waals surface area contributed by atoms with Gasteiger partial charge in [-0.2, -0.15) is 82.9 Å². The van der Waals surface area contributed by atoms with Gasteiger partial charge in [0, 0.05) is 109 Å².